The molecular formula is C16H16N2O. The van der Waals surface area contributed by atoms with Crippen molar-refractivity contribution in [3.05, 3.63) is 66.2 Å². The molecule has 2 heterocycles. The van der Waals surface area contributed by atoms with Crippen molar-refractivity contribution in [3.8, 4) is 0 Å². The fourth-order valence-electron chi connectivity index (χ4n) is 2.21. The molecule has 0 amide bonds. The summed E-state index contributed by atoms with van der Waals surface area (Å²) < 4.78 is 5.11. The zero-order valence-corrected chi connectivity index (χ0v) is 10.8. The first-order valence-corrected chi connectivity index (χ1v) is 6.43. The minimum Gasteiger partial charge on any atom is -0.472 e. The predicted octanol–water partition coefficient (Wildman–Crippen LogP) is 3.68. The molecule has 1 N–H and O–H groups in total. The second kappa shape index (κ2) is 5.24. The first-order valence-electron chi connectivity index (χ1n) is 6.43. The summed E-state index contributed by atoms with van der Waals surface area (Å²) in [5, 5.41) is 4.67. The molecule has 1 atom stereocenters. The molecule has 3 aromatic rings. The molecule has 0 spiro atoms. The van der Waals surface area contributed by atoms with Gasteiger partial charge in [0.25, 0.3) is 0 Å². The van der Waals surface area contributed by atoms with Crippen LogP contribution in [0.15, 0.2) is 59.5 Å². The third-order valence-corrected chi connectivity index (χ3v) is 3.36. The van der Waals surface area contributed by atoms with Gasteiger partial charge < -0.3 is 9.73 Å². The van der Waals surface area contributed by atoms with E-state index < -0.39 is 0 Å². The summed E-state index contributed by atoms with van der Waals surface area (Å²) >= 11 is 0. The van der Waals surface area contributed by atoms with Crippen molar-refractivity contribution < 1.29 is 4.42 Å². The molecule has 0 aliphatic carbocycles. The number of hydrogen-bond donors (Lipinski definition) is 1. The summed E-state index contributed by atoms with van der Waals surface area (Å²) in [6.07, 6.45) is 5.32. The molecule has 0 fully saturated rings. The molecule has 3 rings (SSSR count). The Labute approximate surface area is 112 Å². The molecule has 2 aromatic heterocycles. The quantitative estimate of drug-likeness (QED) is 0.769. The number of rotatable bonds is 4. The van der Waals surface area contributed by atoms with Crippen LogP contribution in [0.3, 0.4) is 0 Å². The second-order valence-corrected chi connectivity index (χ2v) is 4.65. The SMILES string of the molecule is CC(NCc1cccc2cccnc12)c1ccoc1. The van der Waals surface area contributed by atoms with Gasteiger partial charge in [-0.3, -0.25) is 4.98 Å². The normalized spacial score (nSPS) is 12.7. The van der Waals surface area contributed by atoms with E-state index in [2.05, 4.69) is 41.5 Å². The van der Waals surface area contributed by atoms with Crippen LogP contribution in [-0.2, 0) is 6.54 Å². The Balaban J connectivity index is 1.79. The van der Waals surface area contributed by atoms with Gasteiger partial charge >= 0.3 is 0 Å². The number of benzene rings is 1. The Bertz CT molecular complexity index is 656. The summed E-state index contributed by atoms with van der Waals surface area (Å²) in [5.74, 6) is 0. The van der Waals surface area contributed by atoms with Crippen LogP contribution in [0.1, 0.15) is 24.1 Å². The highest BCUT2D eigenvalue weighted by molar-refractivity contribution is 5.81. The van der Waals surface area contributed by atoms with E-state index >= 15 is 0 Å². The van der Waals surface area contributed by atoms with Crippen molar-refractivity contribution in [1.82, 2.24) is 10.3 Å². The van der Waals surface area contributed by atoms with Crippen molar-refractivity contribution in [2.24, 2.45) is 0 Å². The van der Waals surface area contributed by atoms with Crippen LogP contribution < -0.4 is 5.32 Å². The minimum absolute atomic E-state index is 0.262. The van der Waals surface area contributed by atoms with Crippen LogP contribution in [0.5, 0.6) is 0 Å². The van der Waals surface area contributed by atoms with Crippen LogP contribution in [0.4, 0.5) is 0 Å². The first kappa shape index (κ1) is 11.9. The lowest BCUT2D eigenvalue weighted by Crippen LogP contribution is -2.17. The summed E-state index contributed by atoms with van der Waals surface area (Å²) in [6, 6.07) is 12.6. The Kier molecular flexibility index (Phi) is 3.29. The molecule has 0 aliphatic rings. The van der Waals surface area contributed by atoms with Gasteiger partial charge in [0.1, 0.15) is 0 Å². The number of furan rings is 1. The largest absolute Gasteiger partial charge is 0.472 e. The van der Waals surface area contributed by atoms with Gasteiger partial charge in [0.2, 0.25) is 0 Å². The van der Waals surface area contributed by atoms with Gasteiger partial charge in [-0.25, -0.2) is 0 Å². The van der Waals surface area contributed by atoms with Crippen LogP contribution in [-0.4, -0.2) is 4.98 Å². The molecule has 0 radical (unpaired) electrons. The molecule has 0 bridgehead atoms. The van der Waals surface area contributed by atoms with Gasteiger partial charge in [-0.15, -0.1) is 0 Å². The van der Waals surface area contributed by atoms with Crippen molar-refractivity contribution >= 4 is 10.9 Å². The minimum atomic E-state index is 0.262. The van der Waals surface area contributed by atoms with Crippen LogP contribution in [0.25, 0.3) is 10.9 Å². The van der Waals surface area contributed by atoms with Crippen molar-refractivity contribution in [2.75, 3.05) is 0 Å². The highest BCUT2D eigenvalue weighted by atomic mass is 16.3. The lowest BCUT2D eigenvalue weighted by molar-refractivity contribution is 0.539. The third-order valence-electron chi connectivity index (χ3n) is 3.36. The lowest BCUT2D eigenvalue weighted by Gasteiger charge is -2.13. The van der Waals surface area contributed by atoms with E-state index in [1.165, 1.54) is 10.9 Å². The summed E-state index contributed by atoms with van der Waals surface area (Å²) in [5.41, 5.74) is 3.44. The fourth-order valence-corrected chi connectivity index (χ4v) is 2.21. The molecule has 0 saturated heterocycles. The maximum Gasteiger partial charge on any atom is 0.0950 e. The number of para-hydroxylation sites is 1. The van der Waals surface area contributed by atoms with Crippen molar-refractivity contribution in [3.63, 3.8) is 0 Å². The molecule has 3 heteroatoms. The summed E-state index contributed by atoms with van der Waals surface area (Å²) in [6.45, 7) is 2.92. The Hall–Kier alpha value is -2.13. The number of nitrogens with zero attached hydrogens (tertiary/aromatic N) is 1. The van der Waals surface area contributed by atoms with Crippen LogP contribution in [0.2, 0.25) is 0 Å². The molecule has 1 unspecified atom stereocenters. The van der Waals surface area contributed by atoms with Crippen molar-refractivity contribution in [2.45, 2.75) is 19.5 Å². The average Bonchev–Trinajstić information content (AvgIpc) is 2.99. The lowest BCUT2D eigenvalue weighted by atomic mass is 10.1. The standard InChI is InChI=1S/C16H16N2O/c1-12(15-7-9-19-11-15)18-10-14-5-2-4-13-6-3-8-17-16(13)14/h2-9,11-12,18H,10H2,1H3. The predicted molar refractivity (Wildman–Crippen MR) is 75.7 cm³/mol. The Morgan fingerprint density at radius 1 is 1.21 bits per heavy atom. The number of aromatic nitrogens is 1. The highest BCUT2D eigenvalue weighted by Gasteiger charge is 2.07. The summed E-state index contributed by atoms with van der Waals surface area (Å²) in [4.78, 5) is 4.46. The Morgan fingerprint density at radius 2 is 2.11 bits per heavy atom. The molecule has 1 aromatic carbocycles. The number of fused-ring (bicyclic) bond motifs is 1. The molecule has 0 aliphatic heterocycles. The molecule has 3 nitrogen and oxygen atoms in total. The Morgan fingerprint density at radius 3 is 2.95 bits per heavy atom. The first-order chi connectivity index (χ1) is 9.34. The van der Waals surface area contributed by atoms with Gasteiger partial charge in [-0.1, -0.05) is 24.3 Å². The van der Waals surface area contributed by atoms with Gasteiger partial charge in [-0.2, -0.15) is 0 Å². The number of nitrogens with one attached hydrogen (secondary N) is 1. The van der Waals surface area contributed by atoms with Gasteiger partial charge in [-0.05, 0) is 24.6 Å². The topological polar surface area (TPSA) is 38.1 Å². The van der Waals surface area contributed by atoms with E-state index in [9.17, 15) is 0 Å². The molecule has 19 heavy (non-hydrogen) atoms. The van der Waals surface area contributed by atoms with Gasteiger partial charge in [0.15, 0.2) is 0 Å². The van der Waals surface area contributed by atoms with E-state index in [0.29, 0.717) is 0 Å². The zero-order valence-electron chi connectivity index (χ0n) is 10.8. The summed E-state index contributed by atoms with van der Waals surface area (Å²) in [7, 11) is 0. The van der Waals surface area contributed by atoms with Crippen LogP contribution >= 0.6 is 0 Å². The van der Waals surface area contributed by atoms with Gasteiger partial charge in [0, 0.05) is 29.7 Å². The molecule has 96 valence electrons. The average molecular weight is 252 g/mol. The second-order valence-electron chi connectivity index (χ2n) is 4.65. The molecule has 0 saturated carbocycles. The zero-order chi connectivity index (χ0) is 13.1. The van der Waals surface area contributed by atoms with E-state index in [1.54, 1.807) is 12.5 Å². The van der Waals surface area contributed by atoms with E-state index in [0.717, 1.165) is 17.6 Å². The van der Waals surface area contributed by atoms with E-state index in [-0.39, 0.29) is 6.04 Å². The van der Waals surface area contributed by atoms with E-state index in [4.69, 9.17) is 4.42 Å². The third kappa shape index (κ3) is 2.51. The number of pyridine rings is 1. The van der Waals surface area contributed by atoms with Crippen molar-refractivity contribution in [1.29, 1.82) is 0 Å². The fraction of sp³-hybridized carbons (Fsp3) is 0.188. The van der Waals surface area contributed by atoms with E-state index in [1.807, 2.05) is 18.3 Å². The maximum atomic E-state index is 5.11. The monoisotopic (exact) mass is 252 g/mol. The maximum absolute atomic E-state index is 5.11. The highest BCUT2D eigenvalue weighted by Crippen LogP contribution is 2.18. The smallest absolute Gasteiger partial charge is 0.0950 e. The molecular weight excluding hydrogens is 236 g/mol. The number of hydrogen-bond acceptors (Lipinski definition) is 3. The van der Waals surface area contributed by atoms with Gasteiger partial charge in [0.05, 0.1) is 18.0 Å². The van der Waals surface area contributed by atoms with Crippen LogP contribution in [0, 0.1) is 0 Å².